The van der Waals surface area contributed by atoms with Crippen LogP contribution < -0.4 is 10.6 Å². The maximum Gasteiger partial charge on any atom is 0.252 e. The third kappa shape index (κ3) is 4.71. The van der Waals surface area contributed by atoms with Gasteiger partial charge < -0.3 is 10.6 Å². The first-order valence-corrected chi connectivity index (χ1v) is 9.34. The van der Waals surface area contributed by atoms with Crippen molar-refractivity contribution in [3.05, 3.63) is 65.6 Å². The van der Waals surface area contributed by atoms with Gasteiger partial charge in [0.15, 0.2) is 0 Å². The molecule has 2 aromatic heterocycles. The number of hydrogen-bond donors (Lipinski definition) is 2. The number of hydrogen-bond acceptors (Lipinski definition) is 4. The lowest BCUT2D eigenvalue weighted by Crippen LogP contribution is -2.26. The van der Waals surface area contributed by atoms with E-state index in [-0.39, 0.29) is 17.7 Å². The topological polar surface area (TPSA) is 84.0 Å². The highest BCUT2D eigenvalue weighted by Gasteiger charge is 2.15. The number of anilines is 1. The highest BCUT2D eigenvalue weighted by molar-refractivity contribution is 6.08. The van der Waals surface area contributed by atoms with Crippen LogP contribution in [0, 0.1) is 12.8 Å². The normalized spacial score (nSPS) is 10.9. The number of aromatic nitrogens is 2. The van der Waals surface area contributed by atoms with Crippen LogP contribution in [0.15, 0.2) is 48.7 Å². The minimum Gasteiger partial charge on any atom is -0.352 e. The van der Waals surface area contributed by atoms with Crippen LogP contribution in [0.3, 0.4) is 0 Å². The van der Waals surface area contributed by atoms with Crippen LogP contribution in [0.5, 0.6) is 0 Å². The zero-order valence-electron chi connectivity index (χ0n) is 16.3. The molecule has 3 aromatic rings. The molecule has 2 N–H and O–H groups in total. The number of benzene rings is 1. The van der Waals surface area contributed by atoms with Gasteiger partial charge >= 0.3 is 0 Å². The highest BCUT2D eigenvalue weighted by Crippen LogP contribution is 2.24. The zero-order chi connectivity index (χ0) is 20.1. The minimum absolute atomic E-state index is 0.103. The number of fused-ring (bicyclic) bond motifs is 1. The average molecular weight is 376 g/mol. The van der Waals surface area contributed by atoms with Crippen LogP contribution in [-0.4, -0.2) is 28.3 Å². The lowest BCUT2D eigenvalue weighted by atomic mass is 10.1. The van der Waals surface area contributed by atoms with E-state index in [2.05, 4.69) is 20.6 Å². The maximum absolute atomic E-state index is 12.8. The number of aryl methyl sites for hydroxylation is 1. The lowest BCUT2D eigenvalue weighted by molar-refractivity contribution is -0.118. The molecule has 0 bridgehead atoms. The van der Waals surface area contributed by atoms with Gasteiger partial charge in [-0.15, -0.1) is 0 Å². The van der Waals surface area contributed by atoms with E-state index in [9.17, 15) is 9.59 Å². The molecule has 0 aliphatic heterocycles. The van der Waals surface area contributed by atoms with Crippen molar-refractivity contribution >= 4 is 28.4 Å². The monoisotopic (exact) mass is 376 g/mol. The van der Waals surface area contributed by atoms with Crippen molar-refractivity contribution in [1.82, 2.24) is 15.3 Å². The SMILES string of the molecule is Cc1ccc2c(C(=O)NCCc3ccccn3)cc(NC(=O)C(C)C)cc2n1. The molecule has 6 heteroatoms. The average Bonchev–Trinajstić information content (AvgIpc) is 2.67. The van der Waals surface area contributed by atoms with E-state index in [0.717, 1.165) is 16.8 Å². The van der Waals surface area contributed by atoms with E-state index < -0.39 is 0 Å². The zero-order valence-corrected chi connectivity index (χ0v) is 16.3. The molecule has 0 fully saturated rings. The molecule has 1 aromatic carbocycles. The standard InChI is InChI=1S/C22H24N4O2/c1-14(2)21(27)26-17-12-19(18-8-7-15(3)25-20(18)13-17)22(28)24-11-9-16-6-4-5-10-23-16/h4-8,10,12-14H,9,11H2,1-3H3,(H,24,28)(H,26,27). The largest absolute Gasteiger partial charge is 0.352 e. The van der Waals surface area contributed by atoms with Crippen molar-refractivity contribution in [3.8, 4) is 0 Å². The predicted octanol–water partition coefficient (Wildman–Crippen LogP) is 3.51. The number of amides is 2. The predicted molar refractivity (Wildman–Crippen MR) is 110 cm³/mol. The first kappa shape index (κ1) is 19.5. The number of rotatable bonds is 6. The second-order valence-corrected chi connectivity index (χ2v) is 7.01. The second kappa shape index (κ2) is 8.61. The van der Waals surface area contributed by atoms with Crippen molar-refractivity contribution in [2.75, 3.05) is 11.9 Å². The molecule has 28 heavy (non-hydrogen) atoms. The molecule has 0 saturated carbocycles. The van der Waals surface area contributed by atoms with Crippen molar-refractivity contribution in [1.29, 1.82) is 0 Å². The summed E-state index contributed by atoms with van der Waals surface area (Å²) in [5.74, 6) is -0.461. The first-order chi connectivity index (χ1) is 13.4. The smallest absolute Gasteiger partial charge is 0.252 e. The van der Waals surface area contributed by atoms with Gasteiger partial charge in [0, 0.05) is 47.5 Å². The second-order valence-electron chi connectivity index (χ2n) is 7.01. The summed E-state index contributed by atoms with van der Waals surface area (Å²) in [6.45, 7) is 6.01. The molecule has 6 nitrogen and oxygen atoms in total. The molecular weight excluding hydrogens is 352 g/mol. The summed E-state index contributed by atoms with van der Waals surface area (Å²) in [4.78, 5) is 33.7. The van der Waals surface area contributed by atoms with Crippen LogP contribution in [-0.2, 0) is 11.2 Å². The third-order valence-electron chi connectivity index (χ3n) is 4.38. The first-order valence-electron chi connectivity index (χ1n) is 9.34. The summed E-state index contributed by atoms with van der Waals surface area (Å²) >= 11 is 0. The van der Waals surface area contributed by atoms with Crippen LogP contribution in [0.4, 0.5) is 5.69 Å². The number of carbonyl (C=O) groups excluding carboxylic acids is 2. The van der Waals surface area contributed by atoms with Gasteiger partial charge in [-0.05, 0) is 37.3 Å². The van der Waals surface area contributed by atoms with Gasteiger partial charge in [-0.1, -0.05) is 26.0 Å². The molecule has 2 heterocycles. The van der Waals surface area contributed by atoms with E-state index in [1.165, 1.54) is 0 Å². The van der Waals surface area contributed by atoms with E-state index in [1.54, 1.807) is 18.3 Å². The van der Waals surface area contributed by atoms with E-state index in [1.807, 2.05) is 51.1 Å². The molecule has 0 spiro atoms. The van der Waals surface area contributed by atoms with Gasteiger partial charge in [0.1, 0.15) is 0 Å². The van der Waals surface area contributed by atoms with Gasteiger partial charge in [0.25, 0.3) is 5.91 Å². The lowest BCUT2D eigenvalue weighted by Gasteiger charge is -2.13. The molecular formula is C22H24N4O2. The molecule has 0 aliphatic carbocycles. The molecule has 0 unspecified atom stereocenters. The van der Waals surface area contributed by atoms with Gasteiger partial charge in [-0.25, -0.2) is 0 Å². The Morgan fingerprint density at radius 2 is 1.93 bits per heavy atom. The summed E-state index contributed by atoms with van der Waals surface area (Å²) in [6.07, 6.45) is 2.38. The summed E-state index contributed by atoms with van der Waals surface area (Å²) in [5.41, 5.74) is 3.50. The summed E-state index contributed by atoms with van der Waals surface area (Å²) in [6, 6.07) is 13.0. The van der Waals surface area contributed by atoms with Crippen LogP contribution in [0.2, 0.25) is 0 Å². The minimum atomic E-state index is -0.202. The summed E-state index contributed by atoms with van der Waals surface area (Å²) in [5, 5.41) is 6.55. The van der Waals surface area contributed by atoms with Gasteiger partial charge in [-0.3, -0.25) is 19.6 Å². The Labute approximate surface area is 164 Å². The van der Waals surface area contributed by atoms with Crippen LogP contribution in [0.25, 0.3) is 10.9 Å². The Hall–Kier alpha value is -3.28. The molecule has 3 rings (SSSR count). The van der Waals surface area contributed by atoms with Crippen LogP contribution in [0.1, 0.15) is 35.6 Å². The number of pyridine rings is 2. The Morgan fingerprint density at radius 1 is 1.11 bits per heavy atom. The van der Waals surface area contributed by atoms with Gasteiger partial charge in [0.05, 0.1) is 11.1 Å². The molecule has 2 amide bonds. The molecule has 0 atom stereocenters. The van der Waals surface area contributed by atoms with Crippen molar-refractivity contribution < 1.29 is 9.59 Å². The fourth-order valence-electron chi connectivity index (χ4n) is 2.83. The van der Waals surface area contributed by atoms with E-state index >= 15 is 0 Å². The van der Waals surface area contributed by atoms with Crippen molar-refractivity contribution in [2.24, 2.45) is 5.92 Å². The molecule has 0 aliphatic rings. The highest BCUT2D eigenvalue weighted by atomic mass is 16.2. The fraction of sp³-hybridized carbons (Fsp3) is 0.273. The molecule has 0 saturated heterocycles. The number of nitrogens with one attached hydrogen (secondary N) is 2. The quantitative estimate of drug-likeness (QED) is 0.690. The maximum atomic E-state index is 12.8. The van der Waals surface area contributed by atoms with Gasteiger partial charge in [0.2, 0.25) is 5.91 Å². The molecule has 0 radical (unpaired) electrons. The van der Waals surface area contributed by atoms with Gasteiger partial charge in [-0.2, -0.15) is 0 Å². The van der Waals surface area contributed by atoms with Crippen LogP contribution >= 0.6 is 0 Å². The Balaban J connectivity index is 1.84. The summed E-state index contributed by atoms with van der Waals surface area (Å²) < 4.78 is 0. The number of carbonyl (C=O) groups is 2. The number of nitrogens with zero attached hydrogens (tertiary/aromatic N) is 2. The Bertz CT molecular complexity index is 1000. The summed E-state index contributed by atoms with van der Waals surface area (Å²) in [7, 11) is 0. The fourth-order valence-corrected chi connectivity index (χ4v) is 2.83. The van der Waals surface area contributed by atoms with E-state index in [0.29, 0.717) is 29.7 Å². The Morgan fingerprint density at radius 3 is 2.64 bits per heavy atom. The molecule has 144 valence electrons. The van der Waals surface area contributed by atoms with Crippen molar-refractivity contribution in [3.63, 3.8) is 0 Å². The van der Waals surface area contributed by atoms with E-state index in [4.69, 9.17) is 0 Å². The Kier molecular flexibility index (Phi) is 5.99. The third-order valence-corrected chi connectivity index (χ3v) is 4.38. The van der Waals surface area contributed by atoms with Crippen molar-refractivity contribution in [2.45, 2.75) is 27.2 Å².